The van der Waals surface area contributed by atoms with E-state index in [4.69, 9.17) is 4.74 Å². The van der Waals surface area contributed by atoms with E-state index in [9.17, 15) is 33.9 Å². The van der Waals surface area contributed by atoms with Gasteiger partial charge in [0.05, 0.1) is 6.42 Å². The van der Waals surface area contributed by atoms with Gasteiger partial charge in [0.1, 0.15) is 30.8 Å². The van der Waals surface area contributed by atoms with Gasteiger partial charge in [0, 0.05) is 44.6 Å². The van der Waals surface area contributed by atoms with Crippen LogP contribution in [0.3, 0.4) is 0 Å². The monoisotopic (exact) mass is 799 g/mol. The summed E-state index contributed by atoms with van der Waals surface area (Å²) in [5.41, 5.74) is 5.99. The van der Waals surface area contributed by atoms with Crippen molar-refractivity contribution in [1.82, 2.24) is 20.4 Å². The molecule has 0 saturated carbocycles. The first kappa shape index (κ1) is 40.7. The Morgan fingerprint density at radius 3 is 2.08 bits per heavy atom. The number of carboxylic acid groups (broad SMARTS) is 1. The number of amides is 5. The molecule has 2 heterocycles. The molecular weight excluding hydrogens is 751 g/mol. The highest BCUT2D eigenvalue weighted by Crippen LogP contribution is 2.44. The normalized spacial score (nSPS) is 17.4. The molecule has 2 aliphatic heterocycles. The van der Waals surface area contributed by atoms with Crippen LogP contribution in [0.5, 0.6) is 0 Å². The fourth-order valence-corrected chi connectivity index (χ4v) is 8.57. The summed E-state index contributed by atoms with van der Waals surface area (Å²) < 4.78 is 5.65. The van der Waals surface area contributed by atoms with Crippen LogP contribution in [0.1, 0.15) is 60.8 Å². The zero-order valence-electron chi connectivity index (χ0n) is 33.2. The van der Waals surface area contributed by atoms with E-state index in [-0.39, 0.29) is 31.3 Å². The standard InChI is InChI=1S/C46H49N5O8/c1-29(43(55)50-23-13-4-14-24-50)47-42(54)39(25-30-15-5-3-6-16-30)51-38-22-12-7-17-31(38)26-40(45(51)57)49(2)44(56)37(27-41(52)53)48-46(58)59-28-36-34-20-10-8-18-32(34)33-19-9-11-21-35(33)36/h3,5-12,15-22,29,36-37,39-40H,4,13-14,23-28H2,1-2H3,(H,47,54)(H,48,58)(H,52,53)/t29-,37-,39-,40-/m0/s1. The van der Waals surface area contributed by atoms with Crippen LogP contribution in [0.2, 0.25) is 0 Å². The number of anilines is 1. The zero-order valence-corrected chi connectivity index (χ0v) is 33.2. The molecule has 4 atom stereocenters. The van der Waals surface area contributed by atoms with Crippen LogP contribution < -0.4 is 15.5 Å². The number of nitrogens with one attached hydrogen (secondary N) is 2. The predicted octanol–water partition coefficient (Wildman–Crippen LogP) is 4.91. The summed E-state index contributed by atoms with van der Waals surface area (Å²) in [7, 11) is 1.39. The first-order chi connectivity index (χ1) is 28.5. The molecule has 306 valence electrons. The van der Waals surface area contributed by atoms with Crippen molar-refractivity contribution >= 4 is 41.4 Å². The summed E-state index contributed by atoms with van der Waals surface area (Å²) >= 11 is 0. The van der Waals surface area contributed by atoms with Crippen molar-refractivity contribution in [2.45, 2.75) is 75.5 Å². The second-order valence-electron chi connectivity index (χ2n) is 15.4. The van der Waals surface area contributed by atoms with Gasteiger partial charge in [0.15, 0.2) is 0 Å². The van der Waals surface area contributed by atoms with Gasteiger partial charge in [-0.15, -0.1) is 0 Å². The van der Waals surface area contributed by atoms with E-state index in [1.807, 2.05) is 84.9 Å². The Hall–Kier alpha value is -6.50. The van der Waals surface area contributed by atoms with Crippen LogP contribution in [0.4, 0.5) is 10.5 Å². The van der Waals surface area contributed by atoms with Gasteiger partial charge < -0.3 is 30.3 Å². The number of piperidine rings is 1. The summed E-state index contributed by atoms with van der Waals surface area (Å²) in [6.45, 7) is 2.82. The highest BCUT2D eigenvalue weighted by atomic mass is 16.5. The average molecular weight is 800 g/mol. The van der Waals surface area contributed by atoms with Crippen molar-refractivity contribution < 1.29 is 38.6 Å². The number of rotatable bonds is 13. The number of fused-ring (bicyclic) bond motifs is 4. The Labute approximate surface area is 343 Å². The van der Waals surface area contributed by atoms with Crippen molar-refractivity contribution in [2.75, 3.05) is 31.6 Å². The highest BCUT2D eigenvalue weighted by molar-refractivity contribution is 6.07. The third-order valence-electron chi connectivity index (χ3n) is 11.6. The number of aliphatic carboxylic acids is 1. The SMILES string of the molecule is C[C@H](NC(=O)[C@H](Cc1ccccc1)N1C(=O)[C@@H](N(C)C(=O)[C@H](CC(=O)O)NC(=O)OCC2c3ccccc3-c3ccccc32)Cc2ccccc21)C(=O)N1CCCCC1. The fraction of sp³-hybridized carbons (Fsp3) is 0.348. The van der Waals surface area contributed by atoms with Gasteiger partial charge in [-0.05, 0) is 65.6 Å². The smallest absolute Gasteiger partial charge is 0.407 e. The lowest BCUT2D eigenvalue weighted by Crippen LogP contribution is -2.62. The van der Waals surface area contributed by atoms with Crippen molar-refractivity contribution in [3.63, 3.8) is 0 Å². The Balaban J connectivity index is 1.11. The molecule has 1 saturated heterocycles. The quantitative estimate of drug-likeness (QED) is 0.172. The van der Waals surface area contributed by atoms with Crippen LogP contribution in [0, 0.1) is 0 Å². The molecule has 0 radical (unpaired) electrons. The Morgan fingerprint density at radius 1 is 0.814 bits per heavy atom. The molecule has 1 aliphatic carbocycles. The Kier molecular flexibility index (Phi) is 12.4. The molecule has 0 bridgehead atoms. The molecule has 13 nitrogen and oxygen atoms in total. The second kappa shape index (κ2) is 18.0. The Bertz CT molecular complexity index is 2180. The first-order valence-corrected chi connectivity index (χ1v) is 20.2. The number of likely N-dealkylation sites (N-methyl/N-ethyl adjacent to an activating group) is 1. The third kappa shape index (κ3) is 8.84. The number of para-hydroxylation sites is 1. The number of carbonyl (C=O) groups excluding carboxylic acids is 5. The third-order valence-corrected chi connectivity index (χ3v) is 11.6. The van der Waals surface area contributed by atoms with Crippen LogP contribution >= 0.6 is 0 Å². The molecule has 0 spiro atoms. The fourth-order valence-electron chi connectivity index (χ4n) is 8.57. The van der Waals surface area contributed by atoms with Gasteiger partial charge in [-0.2, -0.15) is 0 Å². The summed E-state index contributed by atoms with van der Waals surface area (Å²) in [5, 5.41) is 15.2. The van der Waals surface area contributed by atoms with E-state index in [0.29, 0.717) is 24.3 Å². The maximum absolute atomic E-state index is 14.8. The van der Waals surface area contributed by atoms with E-state index in [1.165, 1.54) is 11.9 Å². The molecule has 59 heavy (non-hydrogen) atoms. The topological polar surface area (TPSA) is 166 Å². The van der Waals surface area contributed by atoms with Gasteiger partial charge in [-0.25, -0.2) is 4.79 Å². The van der Waals surface area contributed by atoms with E-state index in [0.717, 1.165) is 52.0 Å². The van der Waals surface area contributed by atoms with Crippen LogP contribution in [0.25, 0.3) is 11.1 Å². The van der Waals surface area contributed by atoms with Crippen molar-refractivity contribution in [3.05, 3.63) is 125 Å². The highest BCUT2D eigenvalue weighted by Gasteiger charge is 2.44. The van der Waals surface area contributed by atoms with Crippen molar-refractivity contribution in [1.29, 1.82) is 0 Å². The molecule has 5 amide bonds. The van der Waals surface area contributed by atoms with Gasteiger partial charge >= 0.3 is 12.1 Å². The largest absolute Gasteiger partial charge is 0.481 e. The number of hydrogen-bond acceptors (Lipinski definition) is 7. The average Bonchev–Trinajstić information content (AvgIpc) is 3.57. The predicted molar refractivity (Wildman–Crippen MR) is 220 cm³/mol. The van der Waals surface area contributed by atoms with E-state index in [2.05, 4.69) is 10.6 Å². The number of ether oxygens (including phenoxy) is 1. The molecule has 1 fully saturated rings. The summed E-state index contributed by atoms with van der Waals surface area (Å²) in [5.74, 6) is -3.72. The van der Waals surface area contributed by atoms with Crippen molar-refractivity contribution in [2.24, 2.45) is 0 Å². The zero-order chi connectivity index (χ0) is 41.6. The van der Waals surface area contributed by atoms with E-state index < -0.39 is 60.4 Å². The minimum atomic E-state index is -1.57. The summed E-state index contributed by atoms with van der Waals surface area (Å²) in [6, 6.07) is 27.3. The van der Waals surface area contributed by atoms with Crippen LogP contribution in [0.15, 0.2) is 103 Å². The molecule has 0 aromatic heterocycles. The lowest BCUT2D eigenvalue weighted by Gasteiger charge is -2.42. The first-order valence-electron chi connectivity index (χ1n) is 20.2. The van der Waals surface area contributed by atoms with Crippen LogP contribution in [-0.2, 0) is 41.6 Å². The van der Waals surface area contributed by atoms with E-state index >= 15 is 0 Å². The molecule has 3 N–H and O–H groups in total. The number of carboxylic acids is 1. The minimum Gasteiger partial charge on any atom is -0.481 e. The second-order valence-corrected chi connectivity index (χ2v) is 15.4. The number of carbonyl (C=O) groups is 6. The molecule has 7 rings (SSSR count). The molecule has 4 aromatic rings. The number of nitrogens with zero attached hydrogens (tertiary/aromatic N) is 3. The lowest BCUT2D eigenvalue weighted by atomic mass is 9.92. The molecule has 3 aliphatic rings. The molecule has 13 heteroatoms. The number of benzene rings is 4. The van der Waals surface area contributed by atoms with Gasteiger partial charge in [0.2, 0.25) is 17.7 Å². The molecule has 0 unspecified atom stereocenters. The van der Waals surface area contributed by atoms with Crippen LogP contribution in [-0.4, -0.2) is 102 Å². The minimum absolute atomic E-state index is 0.0519. The van der Waals surface area contributed by atoms with Gasteiger partial charge in [0.25, 0.3) is 5.91 Å². The van der Waals surface area contributed by atoms with Crippen molar-refractivity contribution in [3.8, 4) is 11.1 Å². The van der Waals surface area contributed by atoms with Gasteiger partial charge in [-0.1, -0.05) is 97.1 Å². The maximum Gasteiger partial charge on any atom is 0.407 e. The molecule has 4 aromatic carbocycles. The number of likely N-dealkylation sites (tertiary alicyclic amines) is 1. The van der Waals surface area contributed by atoms with E-state index in [1.54, 1.807) is 30.0 Å². The maximum atomic E-state index is 14.8. The Morgan fingerprint density at radius 2 is 1.42 bits per heavy atom. The summed E-state index contributed by atoms with van der Waals surface area (Å²) in [6.07, 6.45) is 1.26. The molecular formula is C46H49N5O8. The van der Waals surface area contributed by atoms with Gasteiger partial charge in [-0.3, -0.25) is 28.9 Å². The summed E-state index contributed by atoms with van der Waals surface area (Å²) in [4.78, 5) is 86.5. The number of hydrogen-bond donors (Lipinski definition) is 3. The number of alkyl carbamates (subject to hydrolysis) is 1. The lowest BCUT2D eigenvalue weighted by molar-refractivity contribution is -0.144.